The molecule has 0 radical (unpaired) electrons. The van der Waals surface area contributed by atoms with Gasteiger partial charge in [-0.3, -0.25) is 0 Å². The van der Waals surface area contributed by atoms with Crippen LogP contribution in [0.4, 0.5) is 0 Å². The van der Waals surface area contributed by atoms with E-state index in [4.69, 9.17) is 0 Å². The van der Waals surface area contributed by atoms with Crippen molar-refractivity contribution in [1.82, 2.24) is 4.57 Å². The first-order valence-corrected chi connectivity index (χ1v) is 13.9. The molecule has 0 fully saturated rings. The third-order valence-electron chi connectivity index (χ3n) is 4.40. The van der Waals surface area contributed by atoms with Crippen molar-refractivity contribution in [1.29, 1.82) is 0 Å². The number of hydrogen-bond acceptors (Lipinski definition) is 0. The van der Waals surface area contributed by atoms with Gasteiger partial charge in [-0.2, -0.15) is 0 Å². The Hall–Kier alpha value is -1.80. The van der Waals surface area contributed by atoms with Gasteiger partial charge in [0.25, 0.3) is 0 Å². The molecule has 27 heavy (non-hydrogen) atoms. The van der Waals surface area contributed by atoms with Crippen LogP contribution in [0.1, 0.15) is 5.56 Å². The van der Waals surface area contributed by atoms with Gasteiger partial charge in [0.2, 0.25) is 0 Å². The molecule has 1 aromatic heterocycles. The van der Waals surface area contributed by atoms with E-state index in [1.807, 2.05) is 0 Å². The molecule has 0 aliphatic heterocycles. The highest BCUT2D eigenvalue weighted by Crippen LogP contribution is 2.35. The molecule has 134 valence electrons. The highest BCUT2D eigenvalue weighted by molar-refractivity contribution is 9.10. The van der Waals surface area contributed by atoms with E-state index in [-0.39, 0.29) is 0 Å². The Kier molecular flexibility index (Phi) is 4.80. The Labute approximate surface area is 177 Å². The van der Waals surface area contributed by atoms with Crippen LogP contribution in [0.25, 0.3) is 27.5 Å². The topological polar surface area (TPSA) is 4.93 Å². The largest absolute Gasteiger partial charge is 0.309 e. The van der Waals surface area contributed by atoms with E-state index in [0.717, 1.165) is 20.2 Å². The van der Waals surface area contributed by atoms with Crippen LogP contribution in [-0.2, 0) is 0 Å². The third kappa shape index (κ3) is 3.78. The van der Waals surface area contributed by atoms with Crippen molar-refractivity contribution >= 4 is 61.7 Å². The molecule has 1 nitrogen and oxygen atoms in total. The summed E-state index contributed by atoms with van der Waals surface area (Å²) >= 11 is 7.25. The fourth-order valence-electron chi connectivity index (χ4n) is 3.20. The van der Waals surface area contributed by atoms with E-state index < -0.39 is 8.07 Å². The molecule has 0 aliphatic rings. The second kappa shape index (κ2) is 6.98. The second-order valence-electron chi connectivity index (χ2n) is 7.71. The molecule has 0 amide bonds. The van der Waals surface area contributed by atoms with Gasteiger partial charge in [-0.25, -0.2) is 0 Å². The highest BCUT2D eigenvalue weighted by Gasteiger charge is 2.13. The van der Waals surface area contributed by atoms with Crippen LogP contribution in [-0.4, -0.2) is 12.6 Å². The number of benzene rings is 3. The summed E-state index contributed by atoms with van der Waals surface area (Å²) in [7, 11) is -1.37. The normalized spacial score (nSPS) is 11.6. The number of nitrogens with zero attached hydrogens (tertiary/aromatic N) is 1. The minimum absolute atomic E-state index is 1.07. The van der Waals surface area contributed by atoms with E-state index in [2.05, 4.69) is 128 Å². The van der Waals surface area contributed by atoms with Crippen LogP contribution in [0.3, 0.4) is 0 Å². The van der Waals surface area contributed by atoms with E-state index in [1.54, 1.807) is 0 Å². The Balaban J connectivity index is 1.93. The first-order chi connectivity index (χ1) is 12.8. The number of fused-ring (bicyclic) bond motifs is 3. The summed E-state index contributed by atoms with van der Waals surface area (Å²) in [6.07, 6.45) is 0. The minimum atomic E-state index is -1.37. The molecule has 0 spiro atoms. The van der Waals surface area contributed by atoms with Crippen molar-refractivity contribution < 1.29 is 0 Å². The zero-order valence-corrected chi connectivity index (χ0v) is 19.6. The molecular weight excluding hydrogens is 478 g/mol. The van der Waals surface area contributed by atoms with Crippen LogP contribution in [0.5, 0.6) is 0 Å². The van der Waals surface area contributed by atoms with E-state index >= 15 is 0 Å². The molecule has 0 bridgehead atoms. The molecule has 3 aromatic carbocycles. The molecule has 1 heterocycles. The summed E-state index contributed by atoms with van der Waals surface area (Å²) in [6, 6.07) is 21.5. The summed E-state index contributed by atoms with van der Waals surface area (Å²) < 4.78 is 4.47. The molecule has 4 aromatic rings. The predicted molar refractivity (Wildman–Crippen MR) is 126 cm³/mol. The average Bonchev–Trinajstić information content (AvgIpc) is 2.92. The molecule has 0 unspecified atom stereocenters. The minimum Gasteiger partial charge on any atom is -0.309 e. The SMILES string of the molecule is C[Si](C)(C)C#Cc1ccc(-n2c3cc(Br)ccc3c3ccc(Br)cc32)cc1. The Morgan fingerprint density at radius 2 is 1.26 bits per heavy atom. The smallest absolute Gasteiger partial charge is 0.129 e. The summed E-state index contributed by atoms with van der Waals surface area (Å²) in [6.45, 7) is 6.80. The van der Waals surface area contributed by atoms with Gasteiger partial charge >= 0.3 is 0 Å². The van der Waals surface area contributed by atoms with Gasteiger partial charge in [0.1, 0.15) is 8.07 Å². The van der Waals surface area contributed by atoms with Crippen molar-refractivity contribution in [3.05, 3.63) is 75.2 Å². The van der Waals surface area contributed by atoms with E-state index in [0.29, 0.717) is 0 Å². The highest BCUT2D eigenvalue weighted by atomic mass is 79.9. The fourth-order valence-corrected chi connectivity index (χ4v) is 4.41. The van der Waals surface area contributed by atoms with E-state index in [1.165, 1.54) is 21.8 Å². The van der Waals surface area contributed by atoms with Gasteiger partial charge in [-0.05, 0) is 48.5 Å². The average molecular weight is 497 g/mol. The zero-order valence-electron chi connectivity index (χ0n) is 15.5. The summed E-state index contributed by atoms with van der Waals surface area (Å²) in [4.78, 5) is 0. The lowest BCUT2D eigenvalue weighted by atomic mass is 10.2. The van der Waals surface area contributed by atoms with Gasteiger partial charge in [0.15, 0.2) is 0 Å². The molecular formula is C23H19Br2NSi. The molecule has 4 rings (SSSR count). The van der Waals surface area contributed by atoms with Crippen LogP contribution < -0.4 is 0 Å². The van der Waals surface area contributed by atoms with Crippen LogP contribution in [0.15, 0.2) is 69.6 Å². The first kappa shape index (κ1) is 18.6. The number of aromatic nitrogens is 1. The standard InChI is InChI=1S/C23H19Br2NSi/c1-27(2,3)13-12-16-4-8-19(9-5-16)26-22-14-17(24)6-10-20(22)21-11-7-18(25)15-23(21)26/h4-11,14-15H,1-3H3. The van der Waals surface area contributed by atoms with Gasteiger partial charge in [-0.1, -0.05) is 69.6 Å². The van der Waals surface area contributed by atoms with Crippen molar-refractivity contribution in [3.63, 3.8) is 0 Å². The Morgan fingerprint density at radius 1 is 0.741 bits per heavy atom. The molecule has 0 saturated heterocycles. The Morgan fingerprint density at radius 3 is 1.74 bits per heavy atom. The van der Waals surface area contributed by atoms with E-state index in [9.17, 15) is 0 Å². The molecule has 0 saturated carbocycles. The number of rotatable bonds is 1. The van der Waals surface area contributed by atoms with Crippen molar-refractivity contribution in [3.8, 4) is 17.2 Å². The molecule has 0 N–H and O–H groups in total. The van der Waals surface area contributed by atoms with Gasteiger partial charge in [-0.15, -0.1) is 5.54 Å². The van der Waals surface area contributed by atoms with Crippen molar-refractivity contribution in [2.75, 3.05) is 0 Å². The maximum atomic E-state index is 3.62. The van der Waals surface area contributed by atoms with Gasteiger partial charge < -0.3 is 4.57 Å². The second-order valence-corrected chi connectivity index (χ2v) is 14.3. The maximum Gasteiger partial charge on any atom is 0.129 e. The van der Waals surface area contributed by atoms with Crippen LogP contribution in [0, 0.1) is 11.5 Å². The first-order valence-electron chi connectivity index (χ1n) is 8.85. The lowest BCUT2D eigenvalue weighted by molar-refractivity contribution is 1.18. The fraction of sp³-hybridized carbons (Fsp3) is 0.130. The van der Waals surface area contributed by atoms with Crippen molar-refractivity contribution in [2.24, 2.45) is 0 Å². The molecule has 4 heteroatoms. The Bertz CT molecular complexity index is 1160. The molecule has 0 atom stereocenters. The van der Waals surface area contributed by atoms with Crippen LogP contribution >= 0.6 is 31.9 Å². The molecule has 0 aliphatic carbocycles. The van der Waals surface area contributed by atoms with Gasteiger partial charge in [0, 0.05) is 31.0 Å². The summed E-state index contributed by atoms with van der Waals surface area (Å²) in [5.41, 5.74) is 8.04. The maximum absolute atomic E-state index is 3.62. The lowest BCUT2D eigenvalue weighted by Crippen LogP contribution is -2.16. The quantitative estimate of drug-likeness (QED) is 0.189. The number of hydrogen-bond donors (Lipinski definition) is 0. The summed E-state index contributed by atoms with van der Waals surface area (Å²) in [5, 5.41) is 2.51. The van der Waals surface area contributed by atoms with Crippen molar-refractivity contribution in [2.45, 2.75) is 19.6 Å². The summed E-state index contributed by atoms with van der Waals surface area (Å²) in [5.74, 6) is 3.34. The predicted octanol–water partition coefficient (Wildman–Crippen LogP) is 7.54. The van der Waals surface area contributed by atoms with Crippen LogP contribution in [0.2, 0.25) is 19.6 Å². The van der Waals surface area contributed by atoms with Gasteiger partial charge in [0.05, 0.1) is 11.0 Å². The number of halogens is 2. The lowest BCUT2D eigenvalue weighted by Gasteiger charge is -2.09. The zero-order chi connectivity index (χ0) is 19.2. The third-order valence-corrected chi connectivity index (χ3v) is 6.26. The monoisotopic (exact) mass is 495 g/mol.